The summed E-state index contributed by atoms with van der Waals surface area (Å²) in [7, 11) is 0. The van der Waals surface area contributed by atoms with Crippen molar-refractivity contribution in [2.75, 3.05) is 26.2 Å². The quantitative estimate of drug-likeness (QED) is 0.671. The molecule has 0 bridgehead atoms. The van der Waals surface area contributed by atoms with E-state index in [4.69, 9.17) is 9.26 Å². The Balaban J connectivity index is 1.40. The number of likely N-dealkylation sites (tertiary alicyclic amines) is 1. The number of pyridine rings is 1. The van der Waals surface area contributed by atoms with Gasteiger partial charge >= 0.3 is 12.0 Å². The highest BCUT2D eigenvalue weighted by atomic mass is 16.5. The first-order chi connectivity index (χ1) is 15.0. The fraction of sp³-hybridized carbons (Fsp3) is 0.476. The number of urea groups is 1. The Labute approximate surface area is 180 Å². The number of nitrogens with one attached hydrogen (secondary N) is 2. The summed E-state index contributed by atoms with van der Waals surface area (Å²) in [6, 6.07) is 4.87. The minimum Gasteiger partial charge on any atom is -0.463 e. The number of carbonyl (C=O) groups excluding carboxylic acids is 2. The van der Waals surface area contributed by atoms with E-state index in [0.29, 0.717) is 35.2 Å². The van der Waals surface area contributed by atoms with E-state index in [1.807, 2.05) is 18.2 Å². The number of carbonyl (C=O) groups is 2. The molecule has 2 N–H and O–H groups in total. The second kappa shape index (κ2) is 9.25. The summed E-state index contributed by atoms with van der Waals surface area (Å²) < 4.78 is 10.7. The van der Waals surface area contributed by atoms with Gasteiger partial charge in [-0.25, -0.2) is 9.59 Å². The van der Waals surface area contributed by atoms with E-state index in [2.05, 4.69) is 30.7 Å². The number of hydrogen-bond donors (Lipinski definition) is 2. The molecule has 10 heteroatoms. The van der Waals surface area contributed by atoms with Gasteiger partial charge in [0.15, 0.2) is 0 Å². The lowest BCUT2D eigenvalue weighted by Crippen LogP contribution is -2.51. The van der Waals surface area contributed by atoms with Crippen LogP contribution in [-0.2, 0) is 9.53 Å². The van der Waals surface area contributed by atoms with Crippen LogP contribution in [0.3, 0.4) is 0 Å². The van der Waals surface area contributed by atoms with Gasteiger partial charge in [-0.15, -0.1) is 0 Å². The Bertz CT molecular complexity index is 965. The van der Waals surface area contributed by atoms with Crippen LogP contribution in [0.15, 0.2) is 40.2 Å². The molecule has 2 aromatic heterocycles. The van der Waals surface area contributed by atoms with Crippen molar-refractivity contribution >= 4 is 12.0 Å². The standard InChI is InChI=1S/C21H26N6O4/c1-3-30-20(28)17-13(2)23-21(29)24-16(17)12-27-10-7-14(8-11-27)19-25-18(26-31-19)15-6-4-5-9-22-15/h4-6,9,13-14H,3,7-8,10-12H2,1-2H3,(H2,23,24,29). The first kappa shape index (κ1) is 21.0. The fourth-order valence-electron chi connectivity index (χ4n) is 3.97. The van der Waals surface area contributed by atoms with Gasteiger partial charge in [-0.05, 0) is 51.9 Å². The molecule has 2 aliphatic rings. The number of rotatable bonds is 6. The molecule has 1 unspecified atom stereocenters. The summed E-state index contributed by atoms with van der Waals surface area (Å²) in [6.45, 7) is 5.87. The van der Waals surface area contributed by atoms with E-state index >= 15 is 0 Å². The Hall–Kier alpha value is -3.27. The topological polar surface area (TPSA) is 122 Å². The molecule has 2 aliphatic heterocycles. The van der Waals surface area contributed by atoms with Crippen LogP contribution in [-0.4, -0.2) is 64.3 Å². The van der Waals surface area contributed by atoms with Gasteiger partial charge in [0.1, 0.15) is 5.69 Å². The molecular weight excluding hydrogens is 400 g/mol. The number of piperidine rings is 1. The highest BCUT2D eigenvalue weighted by molar-refractivity contribution is 5.94. The highest BCUT2D eigenvalue weighted by Gasteiger charge is 2.32. The van der Waals surface area contributed by atoms with Crippen molar-refractivity contribution in [3.8, 4) is 11.5 Å². The highest BCUT2D eigenvalue weighted by Crippen LogP contribution is 2.29. The lowest BCUT2D eigenvalue weighted by molar-refractivity contribution is -0.139. The maximum Gasteiger partial charge on any atom is 0.337 e. The van der Waals surface area contributed by atoms with E-state index in [-0.39, 0.29) is 18.6 Å². The lowest BCUT2D eigenvalue weighted by Gasteiger charge is -2.33. The third kappa shape index (κ3) is 4.74. The van der Waals surface area contributed by atoms with Crippen molar-refractivity contribution in [2.24, 2.45) is 0 Å². The molecule has 0 aromatic carbocycles. The Morgan fingerprint density at radius 2 is 2.13 bits per heavy atom. The zero-order chi connectivity index (χ0) is 21.8. The molecule has 0 aliphatic carbocycles. The SMILES string of the molecule is CCOC(=O)C1=C(CN2CCC(c3nc(-c4ccccn4)no3)CC2)NC(=O)NC1C. The largest absolute Gasteiger partial charge is 0.463 e. The number of nitrogens with zero attached hydrogens (tertiary/aromatic N) is 4. The molecular formula is C21H26N6O4. The van der Waals surface area contributed by atoms with Gasteiger partial charge < -0.3 is 19.9 Å². The summed E-state index contributed by atoms with van der Waals surface area (Å²) in [5.74, 6) is 0.880. The Morgan fingerprint density at radius 1 is 1.32 bits per heavy atom. The summed E-state index contributed by atoms with van der Waals surface area (Å²) in [6.07, 6.45) is 3.38. The fourth-order valence-corrected chi connectivity index (χ4v) is 3.97. The smallest absolute Gasteiger partial charge is 0.337 e. The number of aromatic nitrogens is 3. The third-order valence-corrected chi connectivity index (χ3v) is 5.52. The first-order valence-corrected chi connectivity index (χ1v) is 10.5. The molecule has 1 saturated heterocycles. The van der Waals surface area contributed by atoms with Crippen molar-refractivity contribution in [2.45, 2.75) is 38.6 Å². The molecule has 4 rings (SSSR count). The number of ether oxygens (including phenoxy) is 1. The summed E-state index contributed by atoms with van der Waals surface area (Å²) >= 11 is 0. The van der Waals surface area contributed by atoms with E-state index in [1.54, 1.807) is 20.0 Å². The van der Waals surface area contributed by atoms with Gasteiger partial charge in [0.25, 0.3) is 0 Å². The molecule has 1 atom stereocenters. The maximum absolute atomic E-state index is 12.4. The Kier molecular flexibility index (Phi) is 6.26. The summed E-state index contributed by atoms with van der Waals surface area (Å²) in [5.41, 5.74) is 1.76. The van der Waals surface area contributed by atoms with Gasteiger partial charge in [-0.3, -0.25) is 9.88 Å². The third-order valence-electron chi connectivity index (χ3n) is 5.52. The zero-order valence-electron chi connectivity index (χ0n) is 17.6. The van der Waals surface area contributed by atoms with Crippen LogP contribution >= 0.6 is 0 Å². The molecule has 0 saturated carbocycles. The molecule has 2 amide bonds. The minimum atomic E-state index is -0.403. The van der Waals surface area contributed by atoms with Gasteiger partial charge in [-0.1, -0.05) is 11.2 Å². The van der Waals surface area contributed by atoms with E-state index in [0.717, 1.165) is 25.9 Å². The van der Waals surface area contributed by atoms with Crippen molar-refractivity contribution < 1.29 is 18.8 Å². The summed E-state index contributed by atoms with van der Waals surface area (Å²) in [4.78, 5) is 35.3. The molecule has 4 heterocycles. The van der Waals surface area contributed by atoms with Crippen LogP contribution in [0.25, 0.3) is 11.5 Å². The average Bonchev–Trinajstić information content (AvgIpc) is 3.25. The van der Waals surface area contributed by atoms with Crippen LogP contribution < -0.4 is 10.6 Å². The van der Waals surface area contributed by atoms with Crippen molar-refractivity contribution in [3.63, 3.8) is 0 Å². The minimum absolute atomic E-state index is 0.168. The van der Waals surface area contributed by atoms with Gasteiger partial charge in [-0.2, -0.15) is 4.98 Å². The molecule has 0 radical (unpaired) electrons. The van der Waals surface area contributed by atoms with Crippen LogP contribution in [0.5, 0.6) is 0 Å². The summed E-state index contributed by atoms with van der Waals surface area (Å²) in [5, 5.41) is 9.57. The van der Waals surface area contributed by atoms with E-state index < -0.39 is 12.0 Å². The molecule has 0 spiro atoms. The van der Waals surface area contributed by atoms with Crippen LogP contribution in [0.1, 0.15) is 38.5 Å². The van der Waals surface area contributed by atoms with Crippen LogP contribution in [0.2, 0.25) is 0 Å². The predicted octanol–water partition coefficient (Wildman–Crippen LogP) is 1.83. The second-order valence-electron chi connectivity index (χ2n) is 7.65. The van der Waals surface area contributed by atoms with Gasteiger partial charge in [0.05, 0.1) is 18.2 Å². The predicted molar refractivity (Wildman–Crippen MR) is 111 cm³/mol. The first-order valence-electron chi connectivity index (χ1n) is 10.5. The lowest BCUT2D eigenvalue weighted by atomic mass is 9.96. The molecule has 1 fully saturated rings. The Morgan fingerprint density at radius 3 is 2.84 bits per heavy atom. The van der Waals surface area contributed by atoms with Crippen LogP contribution in [0.4, 0.5) is 4.79 Å². The number of hydrogen-bond acceptors (Lipinski definition) is 8. The molecule has 31 heavy (non-hydrogen) atoms. The number of amides is 2. The van der Waals surface area contributed by atoms with E-state index in [1.165, 1.54) is 0 Å². The van der Waals surface area contributed by atoms with Crippen molar-refractivity contribution in [3.05, 3.63) is 41.6 Å². The monoisotopic (exact) mass is 426 g/mol. The van der Waals surface area contributed by atoms with E-state index in [9.17, 15) is 9.59 Å². The second-order valence-corrected chi connectivity index (χ2v) is 7.65. The van der Waals surface area contributed by atoms with Gasteiger partial charge in [0, 0.05) is 24.4 Å². The molecule has 164 valence electrons. The molecule has 2 aromatic rings. The van der Waals surface area contributed by atoms with Gasteiger partial charge in [0.2, 0.25) is 11.7 Å². The average molecular weight is 426 g/mol. The zero-order valence-corrected chi connectivity index (χ0v) is 17.6. The van der Waals surface area contributed by atoms with Crippen molar-refractivity contribution in [1.29, 1.82) is 0 Å². The number of esters is 1. The maximum atomic E-state index is 12.4. The normalized spacial score (nSPS) is 20.3. The molecule has 10 nitrogen and oxygen atoms in total. The van der Waals surface area contributed by atoms with Crippen molar-refractivity contribution in [1.82, 2.24) is 30.7 Å². The van der Waals surface area contributed by atoms with Crippen LogP contribution in [0, 0.1) is 0 Å².